The number of ether oxygens (including phenoxy) is 2. The lowest BCUT2D eigenvalue weighted by Gasteiger charge is -2.36. The Balaban J connectivity index is 1.19. The molecule has 10 heteroatoms. The molecule has 50 heavy (non-hydrogen) atoms. The smallest absolute Gasteiger partial charge is 0.252 e. The SMILES string of the molecule is COc1ccc2c3c1O[C@H]1C[C@@H](O)C=C[C@@]31CCN(C(=O)[C@H](Cc1ccccc1)NC(=O)[C@H](Cc1ccccc1)NC(=O)c1ccncc1)C2. The summed E-state index contributed by atoms with van der Waals surface area (Å²) < 4.78 is 12.1. The van der Waals surface area contributed by atoms with E-state index < -0.39 is 35.4 Å². The van der Waals surface area contributed by atoms with Gasteiger partial charge in [0.1, 0.15) is 18.2 Å². The van der Waals surface area contributed by atoms with E-state index in [0.717, 1.165) is 22.3 Å². The monoisotopic (exact) mass is 672 g/mol. The first-order chi connectivity index (χ1) is 24.3. The lowest BCUT2D eigenvalue weighted by molar-refractivity contribution is -0.137. The largest absolute Gasteiger partial charge is 0.493 e. The van der Waals surface area contributed by atoms with Crippen molar-refractivity contribution < 1.29 is 29.0 Å². The summed E-state index contributed by atoms with van der Waals surface area (Å²) in [6.45, 7) is 0.718. The van der Waals surface area contributed by atoms with Crippen LogP contribution < -0.4 is 20.1 Å². The number of carbonyl (C=O) groups is 3. The van der Waals surface area contributed by atoms with Crippen molar-refractivity contribution in [2.75, 3.05) is 13.7 Å². The number of pyridine rings is 1. The molecule has 3 aromatic carbocycles. The van der Waals surface area contributed by atoms with E-state index in [1.807, 2.05) is 84.9 Å². The van der Waals surface area contributed by atoms with Gasteiger partial charge in [0.15, 0.2) is 11.5 Å². The molecule has 0 unspecified atom stereocenters. The van der Waals surface area contributed by atoms with Crippen LogP contribution in [0.25, 0.3) is 0 Å². The van der Waals surface area contributed by atoms with Crippen molar-refractivity contribution in [1.29, 1.82) is 0 Å². The number of rotatable bonds is 10. The van der Waals surface area contributed by atoms with E-state index in [4.69, 9.17) is 9.47 Å². The topological polar surface area (TPSA) is 130 Å². The highest BCUT2D eigenvalue weighted by atomic mass is 16.5. The minimum absolute atomic E-state index is 0.223. The third-order valence-electron chi connectivity index (χ3n) is 10.0. The maximum absolute atomic E-state index is 14.7. The molecular formula is C40H40N4O6. The second kappa shape index (κ2) is 14.2. The van der Waals surface area contributed by atoms with Gasteiger partial charge in [0.05, 0.1) is 18.6 Å². The molecule has 1 aliphatic carbocycles. The number of amides is 3. The van der Waals surface area contributed by atoms with Crippen LogP contribution in [0.15, 0.2) is 109 Å². The maximum Gasteiger partial charge on any atom is 0.252 e. The van der Waals surface area contributed by atoms with Gasteiger partial charge >= 0.3 is 0 Å². The molecule has 10 nitrogen and oxygen atoms in total. The van der Waals surface area contributed by atoms with Crippen LogP contribution in [-0.4, -0.2) is 70.7 Å². The van der Waals surface area contributed by atoms with Gasteiger partial charge in [0.2, 0.25) is 11.8 Å². The fraction of sp³-hybridized carbons (Fsp3) is 0.300. The molecule has 0 bridgehead atoms. The van der Waals surface area contributed by atoms with Crippen LogP contribution in [0, 0.1) is 0 Å². The Morgan fingerprint density at radius 1 is 0.940 bits per heavy atom. The maximum atomic E-state index is 14.7. The molecule has 4 aromatic rings. The molecule has 7 rings (SSSR count). The normalized spacial score (nSPS) is 21.4. The summed E-state index contributed by atoms with van der Waals surface area (Å²) in [4.78, 5) is 47.9. The number of hydrogen-bond donors (Lipinski definition) is 3. The number of hydrogen-bond acceptors (Lipinski definition) is 7. The van der Waals surface area contributed by atoms with Crippen LogP contribution in [0.1, 0.15) is 45.5 Å². The van der Waals surface area contributed by atoms with Crippen LogP contribution in [0.2, 0.25) is 0 Å². The minimum Gasteiger partial charge on any atom is -0.493 e. The number of aromatic nitrogens is 1. The number of nitrogens with one attached hydrogen (secondary N) is 2. The fourth-order valence-electron chi connectivity index (χ4n) is 7.47. The van der Waals surface area contributed by atoms with E-state index in [1.165, 1.54) is 12.4 Å². The number of benzene rings is 3. The van der Waals surface area contributed by atoms with E-state index >= 15 is 0 Å². The summed E-state index contributed by atoms with van der Waals surface area (Å²) in [5.74, 6) is 0.188. The van der Waals surface area contributed by atoms with Crippen LogP contribution >= 0.6 is 0 Å². The van der Waals surface area contributed by atoms with E-state index in [0.29, 0.717) is 43.0 Å². The van der Waals surface area contributed by atoms with Crippen molar-refractivity contribution in [2.45, 2.75) is 61.9 Å². The van der Waals surface area contributed by atoms with Gasteiger partial charge in [-0.1, -0.05) is 78.9 Å². The molecule has 3 aliphatic rings. The highest BCUT2D eigenvalue weighted by molar-refractivity contribution is 5.98. The first kappa shape index (κ1) is 33.0. The first-order valence-corrected chi connectivity index (χ1v) is 17.0. The van der Waals surface area contributed by atoms with Crippen LogP contribution in [0.3, 0.4) is 0 Å². The van der Waals surface area contributed by atoms with Gasteiger partial charge < -0.3 is 30.1 Å². The van der Waals surface area contributed by atoms with Crippen molar-refractivity contribution >= 4 is 17.7 Å². The highest BCUT2D eigenvalue weighted by Crippen LogP contribution is 2.55. The molecule has 1 aromatic heterocycles. The van der Waals surface area contributed by atoms with Gasteiger partial charge in [-0.15, -0.1) is 0 Å². The van der Waals surface area contributed by atoms with Gasteiger partial charge in [0.25, 0.3) is 5.91 Å². The molecule has 2 aliphatic heterocycles. The number of aliphatic hydroxyl groups is 1. The highest BCUT2D eigenvalue weighted by Gasteiger charge is 2.53. The third-order valence-corrected chi connectivity index (χ3v) is 10.0. The molecule has 0 fully saturated rings. The van der Waals surface area contributed by atoms with Crippen LogP contribution in [0.5, 0.6) is 11.5 Å². The zero-order valence-electron chi connectivity index (χ0n) is 27.8. The zero-order chi connectivity index (χ0) is 34.7. The van der Waals surface area contributed by atoms with Gasteiger partial charge in [-0.2, -0.15) is 0 Å². The number of nitrogens with zero attached hydrogens (tertiary/aromatic N) is 2. The molecule has 0 saturated heterocycles. The Hall–Kier alpha value is -5.48. The molecule has 0 saturated carbocycles. The number of carbonyl (C=O) groups excluding carboxylic acids is 3. The van der Waals surface area contributed by atoms with E-state index in [2.05, 4.69) is 15.6 Å². The Morgan fingerprint density at radius 2 is 1.62 bits per heavy atom. The zero-order valence-corrected chi connectivity index (χ0v) is 27.8. The Kier molecular flexibility index (Phi) is 9.36. The summed E-state index contributed by atoms with van der Waals surface area (Å²) >= 11 is 0. The van der Waals surface area contributed by atoms with E-state index in [1.54, 1.807) is 24.1 Å². The second-order valence-corrected chi connectivity index (χ2v) is 13.2. The standard InChI is InChI=1S/C40H40N4O6/c1-49-33-13-12-29-25-44(21-18-40-17-14-30(45)24-34(40)50-36(33)35(29)40)39(48)32(23-27-10-6-3-7-11-27)43-38(47)31(22-26-8-4-2-5-9-26)42-37(46)28-15-19-41-20-16-28/h2-17,19-20,30-32,34,45H,18,21-25H2,1H3,(H,42,46)(H,43,47)/t30-,31-,32-,34-,40-/m0/s1. The van der Waals surface area contributed by atoms with Crippen LogP contribution in [0.4, 0.5) is 0 Å². The molecule has 3 amide bonds. The minimum atomic E-state index is -0.949. The summed E-state index contributed by atoms with van der Waals surface area (Å²) in [5.41, 5.74) is 3.54. The Morgan fingerprint density at radius 3 is 2.30 bits per heavy atom. The average molecular weight is 673 g/mol. The van der Waals surface area contributed by atoms with E-state index in [9.17, 15) is 19.5 Å². The molecule has 0 radical (unpaired) electrons. The number of methoxy groups -OCH3 is 1. The van der Waals surface area contributed by atoms with Gasteiger partial charge in [-0.25, -0.2) is 0 Å². The lowest BCUT2D eigenvalue weighted by Crippen LogP contribution is -2.55. The third kappa shape index (κ3) is 6.58. The second-order valence-electron chi connectivity index (χ2n) is 13.2. The summed E-state index contributed by atoms with van der Waals surface area (Å²) in [6.07, 6.45) is 7.50. The van der Waals surface area contributed by atoms with Crippen molar-refractivity contribution in [3.05, 3.63) is 137 Å². The molecule has 3 N–H and O–H groups in total. The molecule has 256 valence electrons. The summed E-state index contributed by atoms with van der Waals surface area (Å²) in [6, 6.07) is 24.2. The molecule has 3 heterocycles. The van der Waals surface area contributed by atoms with Crippen molar-refractivity contribution in [1.82, 2.24) is 20.5 Å². The molecule has 5 atom stereocenters. The predicted octanol–water partition coefficient (Wildman–Crippen LogP) is 3.91. The molecular weight excluding hydrogens is 632 g/mol. The summed E-state index contributed by atoms with van der Waals surface area (Å²) in [5, 5.41) is 16.4. The van der Waals surface area contributed by atoms with E-state index in [-0.39, 0.29) is 24.9 Å². The van der Waals surface area contributed by atoms with Crippen LogP contribution in [-0.2, 0) is 34.4 Å². The lowest BCUT2D eigenvalue weighted by atomic mass is 9.69. The van der Waals surface area contributed by atoms with Gasteiger partial charge in [-0.3, -0.25) is 19.4 Å². The van der Waals surface area contributed by atoms with Crippen molar-refractivity contribution in [3.8, 4) is 11.5 Å². The van der Waals surface area contributed by atoms with Crippen molar-refractivity contribution in [2.24, 2.45) is 0 Å². The average Bonchev–Trinajstić information content (AvgIpc) is 3.38. The number of aliphatic hydroxyl groups excluding tert-OH is 1. The van der Waals surface area contributed by atoms with Gasteiger partial charge in [-0.05, 0) is 41.3 Å². The quantitative estimate of drug-likeness (QED) is 0.218. The van der Waals surface area contributed by atoms with Gasteiger partial charge in [0, 0.05) is 55.9 Å². The predicted molar refractivity (Wildman–Crippen MR) is 187 cm³/mol. The first-order valence-electron chi connectivity index (χ1n) is 17.0. The fourth-order valence-corrected chi connectivity index (χ4v) is 7.47. The Labute approximate surface area is 291 Å². The Bertz CT molecular complexity index is 1890. The van der Waals surface area contributed by atoms with Crippen molar-refractivity contribution in [3.63, 3.8) is 0 Å². The molecule has 1 spiro atoms. The summed E-state index contributed by atoms with van der Waals surface area (Å²) in [7, 11) is 1.61.